The molecule has 5 nitrogen and oxygen atoms in total. The lowest BCUT2D eigenvalue weighted by atomic mass is 9.77. The number of fused-ring (bicyclic) bond motifs is 7. The number of rotatable bonds is 8. The number of nitrogens with zero attached hydrogens (tertiary/aromatic N) is 4. The quantitative estimate of drug-likeness (QED) is 0.166. The van der Waals surface area contributed by atoms with Gasteiger partial charge in [-0.15, -0.1) is 0 Å². The van der Waals surface area contributed by atoms with Crippen molar-refractivity contribution in [1.82, 2.24) is 24.1 Å². The van der Waals surface area contributed by atoms with E-state index in [1.165, 1.54) is 60.4 Å². The van der Waals surface area contributed by atoms with Crippen LogP contribution in [-0.2, 0) is 5.41 Å². The van der Waals surface area contributed by atoms with Gasteiger partial charge < -0.3 is 4.98 Å². The van der Waals surface area contributed by atoms with Gasteiger partial charge in [-0.25, -0.2) is 9.97 Å². The average molecular weight is 832 g/mol. The van der Waals surface area contributed by atoms with Crippen LogP contribution in [0.15, 0.2) is 158 Å². The standard InChI is InChI=1S/C59H53N5/c1-35(2)45-33-47-44-26-25-39(30-52(44)64(54-24-15-16-27-60-54)53(47)34-46(45)36(3)4)43-22-17-23-51-57(43)62-58(63(51)42-20-13-10-14-21-42)49-32-41(59(7,8)40-18-11-9-12-19-40)31-48-55-38(6)28-37(5)29-50(55)61-56(48)49/h9-36,61H,1-8H3. The molecule has 11 rings (SSSR count). The summed E-state index contributed by atoms with van der Waals surface area (Å²) >= 11 is 0. The minimum absolute atomic E-state index is 0.283. The van der Waals surface area contributed by atoms with E-state index in [-0.39, 0.29) is 5.41 Å². The molecule has 0 atom stereocenters. The maximum absolute atomic E-state index is 5.78. The number of aryl methyl sites for hydroxylation is 2. The highest BCUT2D eigenvalue weighted by Crippen LogP contribution is 2.45. The number of H-pyrrole nitrogens is 1. The van der Waals surface area contributed by atoms with Crippen molar-refractivity contribution in [3.63, 3.8) is 0 Å². The summed E-state index contributed by atoms with van der Waals surface area (Å²) in [6.07, 6.45) is 1.89. The van der Waals surface area contributed by atoms with Crippen LogP contribution in [0.3, 0.4) is 0 Å². The fraction of sp³-hybridized carbons (Fsp3) is 0.186. The van der Waals surface area contributed by atoms with E-state index in [2.05, 4.69) is 215 Å². The lowest BCUT2D eigenvalue weighted by Crippen LogP contribution is -2.19. The number of pyridine rings is 1. The second-order valence-electron chi connectivity index (χ2n) is 18.9. The maximum Gasteiger partial charge on any atom is 0.147 e. The zero-order chi connectivity index (χ0) is 44.0. The summed E-state index contributed by atoms with van der Waals surface area (Å²) in [7, 11) is 0. The Morgan fingerprint density at radius 1 is 0.562 bits per heavy atom. The van der Waals surface area contributed by atoms with E-state index in [0.29, 0.717) is 11.8 Å². The second-order valence-corrected chi connectivity index (χ2v) is 18.9. The molecular weight excluding hydrogens is 779 g/mol. The molecule has 4 heterocycles. The van der Waals surface area contributed by atoms with Crippen LogP contribution in [0.4, 0.5) is 0 Å². The number of nitrogens with one attached hydrogen (secondary N) is 1. The molecule has 1 N–H and O–H groups in total. The normalized spacial score (nSPS) is 12.3. The first kappa shape index (κ1) is 39.6. The Balaban J connectivity index is 1.21. The van der Waals surface area contributed by atoms with Crippen molar-refractivity contribution in [2.45, 2.75) is 72.6 Å². The van der Waals surface area contributed by atoms with Crippen LogP contribution in [-0.4, -0.2) is 24.1 Å². The molecule has 0 bridgehead atoms. The summed E-state index contributed by atoms with van der Waals surface area (Å²) in [5.41, 5.74) is 18.4. The summed E-state index contributed by atoms with van der Waals surface area (Å²) in [4.78, 5) is 14.6. The summed E-state index contributed by atoms with van der Waals surface area (Å²) in [5.74, 6) is 2.61. The summed E-state index contributed by atoms with van der Waals surface area (Å²) < 4.78 is 4.72. The highest BCUT2D eigenvalue weighted by molar-refractivity contribution is 6.14. The Labute approximate surface area is 375 Å². The molecule has 0 saturated heterocycles. The molecule has 64 heavy (non-hydrogen) atoms. The lowest BCUT2D eigenvalue weighted by molar-refractivity contribution is 0.642. The first-order chi connectivity index (χ1) is 31.0. The molecule has 0 spiro atoms. The van der Waals surface area contributed by atoms with Gasteiger partial charge in [0.05, 0.1) is 27.6 Å². The largest absolute Gasteiger partial charge is 0.354 e. The van der Waals surface area contributed by atoms with E-state index in [1.807, 2.05) is 12.3 Å². The van der Waals surface area contributed by atoms with E-state index in [9.17, 15) is 0 Å². The molecular formula is C59H53N5. The Hall–Kier alpha value is -7.24. The minimum atomic E-state index is -0.283. The van der Waals surface area contributed by atoms with Crippen LogP contribution in [0, 0.1) is 13.8 Å². The average Bonchev–Trinajstić information content (AvgIpc) is 3.98. The van der Waals surface area contributed by atoms with E-state index < -0.39 is 0 Å². The fourth-order valence-electron chi connectivity index (χ4n) is 10.4. The van der Waals surface area contributed by atoms with Gasteiger partial charge in [0.25, 0.3) is 0 Å². The number of para-hydroxylation sites is 2. The van der Waals surface area contributed by atoms with Gasteiger partial charge in [0.15, 0.2) is 0 Å². The van der Waals surface area contributed by atoms with Crippen LogP contribution in [0.5, 0.6) is 0 Å². The monoisotopic (exact) mass is 831 g/mol. The molecule has 0 amide bonds. The number of hydrogen-bond donors (Lipinski definition) is 1. The van der Waals surface area contributed by atoms with Gasteiger partial charge >= 0.3 is 0 Å². The molecule has 4 aromatic heterocycles. The third-order valence-corrected chi connectivity index (χ3v) is 13.7. The Kier molecular flexibility index (Phi) is 9.25. The van der Waals surface area contributed by atoms with Crippen LogP contribution in [0.1, 0.15) is 86.8 Å². The summed E-state index contributed by atoms with van der Waals surface area (Å²) in [5, 5.41) is 4.94. The predicted molar refractivity (Wildman–Crippen MR) is 270 cm³/mol. The molecule has 0 unspecified atom stereocenters. The molecule has 0 radical (unpaired) electrons. The van der Waals surface area contributed by atoms with Gasteiger partial charge in [-0.05, 0) is 131 Å². The fourth-order valence-corrected chi connectivity index (χ4v) is 10.4. The number of benzene rings is 7. The van der Waals surface area contributed by atoms with E-state index >= 15 is 0 Å². The van der Waals surface area contributed by atoms with Crippen molar-refractivity contribution in [3.05, 3.63) is 191 Å². The lowest BCUT2D eigenvalue weighted by Gasteiger charge is -2.27. The third-order valence-electron chi connectivity index (χ3n) is 13.7. The number of imidazole rings is 1. The topological polar surface area (TPSA) is 51.4 Å². The van der Waals surface area contributed by atoms with Crippen LogP contribution >= 0.6 is 0 Å². The second kappa shape index (κ2) is 14.9. The molecule has 0 saturated carbocycles. The molecule has 5 heteroatoms. The van der Waals surface area contributed by atoms with Gasteiger partial charge in [0.2, 0.25) is 0 Å². The molecule has 0 aliphatic carbocycles. The van der Waals surface area contributed by atoms with Gasteiger partial charge in [-0.2, -0.15) is 0 Å². The Morgan fingerprint density at radius 3 is 2.02 bits per heavy atom. The maximum atomic E-state index is 5.78. The summed E-state index contributed by atoms with van der Waals surface area (Å²) in [6, 6.07) is 55.6. The van der Waals surface area contributed by atoms with Crippen LogP contribution < -0.4 is 0 Å². The third kappa shape index (κ3) is 6.20. The van der Waals surface area contributed by atoms with E-state index in [0.717, 1.165) is 61.6 Å². The molecule has 0 aliphatic rings. The van der Waals surface area contributed by atoms with Crippen LogP contribution in [0.2, 0.25) is 0 Å². The van der Waals surface area contributed by atoms with Gasteiger partial charge in [-0.1, -0.05) is 126 Å². The Morgan fingerprint density at radius 2 is 1.28 bits per heavy atom. The van der Waals surface area contributed by atoms with Crippen molar-refractivity contribution in [3.8, 4) is 34.0 Å². The van der Waals surface area contributed by atoms with E-state index in [1.54, 1.807) is 0 Å². The molecule has 0 aliphatic heterocycles. The van der Waals surface area contributed by atoms with Crippen molar-refractivity contribution in [2.24, 2.45) is 0 Å². The molecule has 314 valence electrons. The van der Waals surface area contributed by atoms with Crippen molar-refractivity contribution in [1.29, 1.82) is 0 Å². The van der Waals surface area contributed by atoms with Crippen LogP contribution in [0.25, 0.3) is 88.7 Å². The van der Waals surface area contributed by atoms with E-state index in [4.69, 9.17) is 9.97 Å². The minimum Gasteiger partial charge on any atom is -0.354 e. The molecule has 11 aromatic rings. The number of aromatic amines is 1. The zero-order valence-electron chi connectivity index (χ0n) is 38.0. The Bertz CT molecular complexity index is 3580. The first-order valence-corrected chi connectivity index (χ1v) is 22.7. The zero-order valence-corrected chi connectivity index (χ0v) is 38.0. The van der Waals surface area contributed by atoms with Gasteiger partial charge in [-0.3, -0.25) is 9.13 Å². The summed E-state index contributed by atoms with van der Waals surface area (Å²) in [6.45, 7) is 18.3. The first-order valence-electron chi connectivity index (χ1n) is 22.7. The number of aromatic nitrogens is 5. The van der Waals surface area contributed by atoms with Crippen molar-refractivity contribution in [2.75, 3.05) is 0 Å². The highest BCUT2D eigenvalue weighted by atomic mass is 15.1. The predicted octanol–water partition coefficient (Wildman–Crippen LogP) is 15.7. The smallest absolute Gasteiger partial charge is 0.147 e. The van der Waals surface area contributed by atoms with Crippen molar-refractivity contribution >= 4 is 54.6 Å². The molecule has 0 fully saturated rings. The van der Waals surface area contributed by atoms with Crippen molar-refractivity contribution < 1.29 is 0 Å². The van der Waals surface area contributed by atoms with Gasteiger partial charge in [0.1, 0.15) is 11.6 Å². The number of hydrogen-bond acceptors (Lipinski definition) is 2. The highest BCUT2D eigenvalue weighted by Gasteiger charge is 2.28. The van der Waals surface area contributed by atoms with Gasteiger partial charge in [0, 0.05) is 55.5 Å². The molecule has 7 aromatic carbocycles. The SMILES string of the molecule is Cc1cc(C)c2c(c1)[nH]c1c(-c3nc4c(-c5ccc6c7cc(C(C)C)c(C(C)C)cc7n(-c7ccccn7)c6c5)cccc4n3-c3ccccc3)cc(C(C)(C)c3ccccc3)cc12.